The molecule has 0 aliphatic carbocycles. The van der Waals surface area contributed by atoms with Crippen molar-refractivity contribution in [3.63, 3.8) is 0 Å². The summed E-state index contributed by atoms with van der Waals surface area (Å²) < 4.78 is 5.22. The normalized spacial score (nSPS) is 11.0. The fraction of sp³-hybridized carbons (Fsp3) is 0.0556. The summed E-state index contributed by atoms with van der Waals surface area (Å²) in [6, 6.07) is 19.5. The van der Waals surface area contributed by atoms with E-state index >= 15 is 0 Å². The average Bonchev–Trinajstić information content (AvgIpc) is 2.96. The molecule has 0 saturated heterocycles. The van der Waals surface area contributed by atoms with Crippen molar-refractivity contribution in [2.45, 2.75) is 0 Å². The van der Waals surface area contributed by atoms with E-state index in [4.69, 9.17) is 4.74 Å². The van der Waals surface area contributed by atoms with Crippen molar-refractivity contribution in [2.75, 3.05) is 6.61 Å². The minimum absolute atomic E-state index is 0.253. The van der Waals surface area contributed by atoms with Crippen molar-refractivity contribution in [1.82, 2.24) is 4.98 Å². The van der Waals surface area contributed by atoms with Crippen LogP contribution in [-0.4, -0.2) is 17.6 Å². The van der Waals surface area contributed by atoms with E-state index in [2.05, 4.69) is 4.98 Å². The Morgan fingerprint density at radius 3 is 2.62 bits per heavy atom. The van der Waals surface area contributed by atoms with Crippen LogP contribution in [-0.2, 0) is 4.74 Å². The highest BCUT2D eigenvalue weighted by molar-refractivity contribution is 5.94. The molecule has 2 aromatic carbocycles. The number of para-hydroxylation sites is 1. The van der Waals surface area contributed by atoms with Crippen LogP contribution in [0.15, 0.2) is 66.7 Å². The zero-order valence-corrected chi connectivity index (χ0v) is 11.5. The molecular weight excluding hydrogens is 262 g/mol. The standard InChI is InChI=1S/C18H15NO2/c20-18(17-13-15-10-4-5-11-16(15)19-17)21-12-6-9-14-7-2-1-3-8-14/h1-11,13,19H,12H2. The molecule has 0 unspecified atom stereocenters. The molecule has 0 aliphatic heterocycles. The molecule has 0 atom stereocenters. The van der Waals surface area contributed by atoms with Gasteiger partial charge < -0.3 is 9.72 Å². The summed E-state index contributed by atoms with van der Waals surface area (Å²) in [4.78, 5) is 15.0. The number of esters is 1. The Balaban J connectivity index is 1.60. The van der Waals surface area contributed by atoms with E-state index in [0.29, 0.717) is 5.69 Å². The van der Waals surface area contributed by atoms with Gasteiger partial charge >= 0.3 is 5.97 Å². The number of fused-ring (bicyclic) bond motifs is 1. The lowest BCUT2D eigenvalue weighted by atomic mass is 10.2. The van der Waals surface area contributed by atoms with Crippen molar-refractivity contribution >= 4 is 22.9 Å². The highest BCUT2D eigenvalue weighted by Gasteiger charge is 2.09. The van der Waals surface area contributed by atoms with Crippen molar-refractivity contribution in [2.24, 2.45) is 0 Å². The number of aromatic nitrogens is 1. The Kier molecular flexibility index (Phi) is 3.83. The number of aromatic amines is 1. The molecule has 0 aliphatic rings. The Bertz CT molecular complexity index is 739. The molecule has 1 heterocycles. The van der Waals surface area contributed by atoms with E-state index in [-0.39, 0.29) is 12.6 Å². The van der Waals surface area contributed by atoms with E-state index in [1.807, 2.05) is 66.7 Å². The quantitative estimate of drug-likeness (QED) is 0.731. The van der Waals surface area contributed by atoms with E-state index < -0.39 is 0 Å². The van der Waals surface area contributed by atoms with Crippen LogP contribution in [0.3, 0.4) is 0 Å². The van der Waals surface area contributed by atoms with E-state index in [1.165, 1.54) is 0 Å². The molecule has 1 N–H and O–H groups in total. The van der Waals surface area contributed by atoms with Gasteiger partial charge in [0.15, 0.2) is 0 Å². The third-order valence-corrected chi connectivity index (χ3v) is 3.17. The van der Waals surface area contributed by atoms with Crippen molar-refractivity contribution in [3.05, 3.63) is 78.0 Å². The summed E-state index contributed by atoms with van der Waals surface area (Å²) >= 11 is 0. The van der Waals surface area contributed by atoms with Crippen molar-refractivity contribution in [1.29, 1.82) is 0 Å². The van der Waals surface area contributed by atoms with Gasteiger partial charge in [-0.2, -0.15) is 0 Å². The van der Waals surface area contributed by atoms with E-state index in [0.717, 1.165) is 16.5 Å². The minimum Gasteiger partial charge on any atom is -0.457 e. The molecule has 3 heteroatoms. The smallest absolute Gasteiger partial charge is 0.355 e. The zero-order chi connectivity index (χ0) is 14.5. The highest BCUT2D eigenvalue weighted by Crippen LogP contribution is 2.15. The summed E-state index contributed by atoms with van der Waals surface area (Å²) in [5, 5.41) is 1.00. The third-order valence-electron chi connectivity index (χ3n) is 3.17. The highest BCUT2D eigenvalue weighted by atomic mass is 16.5. The number of H-pyrrole nitrogens is 1. The van der Waals surface area contributed by atoms with Crippen LogP contribution < -0.4 is 0 Å². The Morgan fingerprint density at radius 1 is 1.05 bits per heavy atom. The van der Waals surface area contributed by atoms with Gasteiger partial charge in [-0.25, -0.2) is 4.79 Å². The van der Waals surface area contributed by atoms with Gasteiger partial charge in [0.05, 0.1) is 0 Å². The number of carbonyl (C=O) groups excluding carboxylic acids is 1. The number of rotatable bonds is 4. The molecule has 0 saturated carbocycles. The fourth-order valence-electron chi connectivity index (χ4n) is 2.13. The van der Waals surface area contributed by atoms with Gasteiger partial charge in [-0.3, -0.25) is 0 Å². The molecule has 104 valence electrons. The number of benzene rings is 2. The predicted molar refractivity (Wildman–Crippen MR) is 84.1 cm³/mol. The van der Waals surface area contributed by atoms with Crippen LogP contribution >= 0.6 is 0 Å². The van der Waals surface area contributed by atoms with Gasteiger partial charge in [0.1, 0.15) is 12.3 Å². The zero-order valence-electron chi connectivity index (χ0n) is 11.5. The monoisotopic (exact) mass is 277 g/mol. The molecular formula is C18H15NO2. The summed E-state index contributed by atoms with van der Waals surface area (Å²) in [5.74, 6) is -0.344. The first-order valence-corrected chi connectivity index (χ1v) is 6.79. The van der Waals surface area contributed by atoms with E-state index in [9.17, 15) is 4.79 Å². The molecule has 0 bridgehead atoms. The molecule has 0 fully saturated rings. The SMILES string of the molecule is O=C(OCC=Cc1ccccc1)c1cc2ccccc2[nH]1. The Hall–Kier alpha value is -2.81. The number of ether oxygens (including phenoxy) is 1. The molecule has 0 radical (unpaired) electrons. The molecule has 21 heavy (non-hydrogen) atoms. The van der Waals surface area contributed by atoms with Crippen molar-refractivity contribution in [3.8, 4) is 0 Å². The summed E-state index contributed by atoms with van der Waals surface area (Å²) in [5.41, 5.74) is 2.49. The molecule has 3 rings (SSSR count). The number of nitrogens with one attached hydrogen (secondary N) is 1. The lowest BCUT2D eigenvalue weighted by molar-refractivity contribution is 0.0544. The molecule has 1 aromatic heterocycles. The first-order chi connectivity index (χ1) is 10.3. The van der Waals surface area contributed by atoms with Crippen LogP contribution in [0.5, 0.6) is 0 Å². The molecule has 0 amide bonds. The van der Waals surface area contributed by atoms with Crippen LogP contribution in [0.4, 0.5) is 0 Å². The maximum atomic E-state index is 11.9. The van der Waals surface area contributed by atoms with Gasteiger partial charge in [0.25, 0.3) is 0 Å². The molecule has 3 aromatic rings. The number of hydrogen-bond donors (Lipinski definition) is 1. The Labute approximate surface area is 122 Å². The van der Waals surface area contributed by atoms with Gasteiger partial charge in [0, 0.05) is 10.9 Å². The van der Waals surface area contributed by atoms with Gasteiger partial charge in [-0.1, -0.05) is 54.6 Å². The summed E-state index contributed by atoms with van der Waals surface area (Å²) in [6.45, 7) is 0.253. The van der Waals surface area contributed by atoms with Crippen LogP contribution in [0.25, 0.3) is 17.0 Å². The maximum absolute atomic E-state index is 11.9. The largest absolute Gasteiger partial charge is 0.457 e. The lowest BCUT2D eigenvalue weighted by Gasteiger charge is -1.99. The topological polar surface area (TPSA) is 42.1 Å². The summed E-state index contributed by atoms with van der Waals surface area (Å²) in [6.07, 6.45) is 3.76. The second-order valence-corrected chi connectivity index (χ2v) is 4.68. The average molecular weight is 277 g/mol. The lowest BCUT2D eigenvalue weighted by Crippen LogP contribution is -2.05. The van der Waals surface area contributed by atoms with Crippen LogP contribution in [0.1, 0.15) is 16.1 Å². The number of carbonyl (C=O) groups is 1. The molecule has 3 nitrogen and oxygen atoms in total. The number of hydrogen-bond acceptors (Lipinski definition) is 2. The van der Waals surface area contributed by atoms with Gasteiger partial charge in [-0.05, 0) is 23.8 Å². The van der Waals surface area contributed by atoms with Crippen LogP contribution in [0, 0.1) is 0 Å². The first kappa shape index (κ1) is 13.2. The minimum atomic E-state index is -0.344. The third kappa shape index (κ3) is 3.20. The first-order valence-electron chi connectivity index (χ1n) is 6.79. The second-order valence-electron chi connectivity index (χ2n) is 4.68. The van der Waals surface area contributed by atoms with Gasteiger partial charge in [-0.15, -0.1) is 0 Å². The fourth-order valence-corrected chi connectivity index (χ4v) is 2.13. The van der Waals surface area contributed by atoms with Crippen LogP contribution in [0.2, 0.25) is 0 Å². The maximum Gasteiger partial charge on any atom is 0.355 e. The van der Waals surface area contributed by atoms with Crippen molar-refractivity contribution < 1.29 is 9.53 Å². The van der Waals surface area contributed by atoms with Gasteiger partial charge in [0.2, 0.25) is 0 Å². The molecule has 0 spiro atoms. The Morgan fingerprint density at radius 2 is 1.81 bits per heavy atom. The van der Waals surface area contributed by atoms with E-state index in [1.54, 1.807) is 6.07 Å². The summed E-state index contributed by atoms with van der Waals surface area (Å²) in [7, 11) is 0. The second kappa shape index (κ2) is 6.09. The predicted octanol–water partition coefficient (Wildman–Crippen LogP) is 4.04.